The molecule has 1 saturated heterocycles. The third-order valence-electron chi connectivity index (χ3n) is 3.67. The van der Waals surface area contributed by atoms with Crippen LogP contribution in [-0.4, -0.2) is 25.0 Å². The summed E-state index contributed by atoms with van der Waals surface area (Å²) in [7, 11) is 1.56. The quantitative estimate of drug-likeness (QED) is 0.688. The number of ketones is 1. The second-order valence-corrected chi connectivity index (χ2v) is 4.71. The monoisotopic (exact) mass is 232 g/mol. The van der Waals surface area contributed by atoms with E-state index < -0.39 is 11.5 Å². The minimum absolute atomic E-state index is 0.106. The highest BCUT2D eigenvalue weighted by molar-refractivity contribution is 6.08. The molecule has 2 aliphatic rings. The van der Waals surface area contributed by atoms with Crippen LogP contribution in [0.1, 0.15) is 29.3 Å². The molecule has 1 aromatic rings. The number of esters is 1. The molecule has 2 bridgehead atoms. The van der Waals surface area contributed by atoms with Crippen molar-refractivity contribution in [3.05, 3.63) is 29.3 Å². The summed E-state index contributed by atoms with van der Waals surface area (Å²) in [5.41, 5.74) is 0.596. The smallest absolute Gasteiger partial charge is 0.317 e. The van der Waals surface area contributed by atoms with Gasteiger partial charge in [0.1, 0.15) is 5.75 Å². The van der Waals surface area contributed by atoms with Crippen LogP contribution in [0.3, 0.4) is 0 Å². The maximum absolute atomic E-state index is 12.0. The Morgan fingerprint density at radius 1 is 1.41 bits per heavy atom. The van der Waals surface area contributed by atoms with Crippen LogP contribution in [0, 0.1) is 0 Å². The van der Waals surface area contributed by atoms with Crippen LogP contribution in [0.4, 0.5) is 0 Å². The summed E-state index contributed by atoms with van der Waals surface area (Å²) >= 11 is 0. The largest absolute Gasteiger partial charge is 0.497 e. The van der Waals surface area contributed by atoms with Gasteiger partial charge in [0, 0.05) is 12.0 Å². The normalized spacial score (nSPS) is 29.9. The highest BCUT2D eigenvalue weighted by atomic mass is 16.6. The molecule has 1 aliphatic carbocycles. The molecule has 17 heavy (non-hydrogen) atoms. The van der Waals surface area contributed by atoms with Crippen LogP contribution >= 0.6 is 0 Å². The zero-order valence-corrected chi connectivity index (χ0v) is 9.65. The van der Waals surface area contributed by atoms with E-state index in [4.69, 9.17) is 9.47 Å². The summed E-state index contributed by atoms with van der Waals surface area (Å²) in [6, 6.07) is 5.20. The van der Waals surface area contributed by atoms with Crippen LogP contribution < -0.4 is 4.74 Å². The van der Waals surface area contributed by atoms with E-state index in [1.807, 2.05) is 6.92 Å². The Kier molecular flexibility index (Phi) is 1.88. The Balaban J connectivity index is 2.26. The Morgan fingerprint density at radius 2 is 2.18 bits per heavy atom. The van der Waals surface area contributed by atoms with Crippen LogP contribution in [-0.2, 0) is 14.9 Å². The van der Waals surface area contributed by atoms with Crippen LogP contribution in [0.2, 0.25) is 0 Å². The van der Waals surface area contributed by atoms with Crippen molar-refractivity contribution in [1.29, 1.82) is 0 Å². The van der Waals surface area contributed by atoms with Gasteiger partial charge in [-0.05, 0) is 30.7 Å². The van der Waals surface area contributed by atoms with Crippen molar-refractivity contribution < 1.29 is 19.1 Å². The fraction of sp³-hybridized carbons (Fsp3) is 0.385. The number of benzene rings is 1. The summed E-state index contributed by atoms with van der Waals surface area (Å²) < 4.78 is 10.3. The van der Waals surface area contributed by atoms with Gasteiger partial charge in [0.25, 0.3) is 0 Å². The van der Waals surface area contributed by atoms with Crippen molar-refractivity contribution in [3.8, 4) is 5.75 Å². The van der Waals surface area contributed by atoms with E-state index in [9.17, 15) is 9.59 Å². The molecule has 0 saturated carbocycles. The van der Waals surface area contributed by atoms with E-state index in [1.54, 1.807) is 25.3 Å². The van der Waals surface area contributed by atoms with Gasteiger partial charge in [0.05, 0.1) is 12.5 Å². The number of hydrogen-bond donors (Lipinski definition) is 0. The number of hydrogen-bond acceptors (Lipinski definition) is 4. The Bertz CT molecular complexity index is 534. The SMILES string of the molecule is COc1ccc2c(c1)C1(C)CC(OC1=O)C2=O. The van der Waals surface area contributed by atoms with Gasteiger partial charge in [-0.1, -0.05) is 0 Å². The summed E-state index contributed by atoms with van der Waals surface area (Å²) in [6.07, 6.45) is -0.168. The first-order chi connectivity index (χ1) is 8.06. The molecule has 0 spiro atoms. The molecular formula is C13H12O4. The Morgan fingerprint density at radius 3 is 2.88 bits per heavy atom. The first-order valence-corrected chi connectivity index (χ1v) is 5.50. The van der Waals surface area contributed by atoms with Crippen LogP contribution in [0.5, 0.6) is 5.75 Å². The average Bonchev–Trinajstić information content (AvgIpc) is 2.61. The Labute approximate surface area is 98.5 Å². The van der Waals surface area contributed by atoms with Gasteiger partial charge in [0.2, 0.25) is 5.78 Å². The van der Waals surface area contributed by atoms with Crippen LogP contribution in [0.15, 0.2) is 18.2 Å². The number of rotatable bonds is 1. The van der Waals surface area contributed by atoms with Crippen molar-refractivity contribution >= 4 is 11.8 Å². The van der Waals surface area contributed by atoms with E-state index in [0.29, 0.717) is 17.7 Å². The molecule has 0 radical (unpaired) electrons. The van der Waals surface area contributed by atoms with Crippen molar-refractivity contribution in [2.75, 3.05) is 7.11 Å². The van der Waals surface area contributed by atoms with E-state index in [-0.39, 0.29) is 11.8 Å². The molecule has 1 fully saturated rings. The molecule has 4 heteroatoms. The van der Waals surface area contributed by atoms with Crippen molar-refractivity contribution in [2.24, 2.45) is 0 Å². The number of carbonyl (C=O) groups excluding carboxylic acids is 2. The zero-order valence-electron chi connectivity index (χ0n) is 9.65. The average molecular weight is 232 g/mol. The molecule has 1 aliphatic heterocycles. The molecule has 2 unspecified atom stereocenters. The number of carbonyl (C=O) groups is 2. The summed E-state index contributed by atoms with van der Waals surface area (Å²) in [4.78, 5) is 23.9. The van der Waals surface area contributed by atoms with Gasteiger partial charge in [0.15, 0.2) is 6.10 Å². The topological polar surface area (TPSA) is 52.6 Å². The lowest BCUT2D eigenvalue weighted by Gasteiger charge is -2.26. The van der Waals surface area contributed by atoms with E-state index in [2.05, 4.69) is 0 Å². The second kappa shape index (κ2) is 3.09. The molecule has 1 heterocycles. The van der Waals surface area contributed by atoms with E-state index >= 15 is 0 Å². The summed E-state index contributed by atoms with van der Waals surface area (Å²) in [5, 5.41) is 0. The van der Waals surface area contributed by atoms with E-state index in [0.717, 1.165) is 5.56 Å². The molecule has 4 nitrogen and oxygen atoms in total. The van der Waals surface area contributed by atoms with Gasteiger partial charge in [-0.15, -0.1) is 0 Å². The fourth-order valence-corrected chi connectivity index (χ4v) is 2.62. The Hall–Kier alpha value is -1.84. The third-order valence-corrected chi connectivity index (χ3v) is 3.67. The lowest BCUT2D eigenvalue weighted by Crippen LogP contribution is -2.34. The third kappa shape index (κ3) is 1.18. The number of fused-ring (bicyclic) bond motifs is 4. The molecule has 0 aromatic heterocycles. The lowest BCUT2D eigenvalue weighted by molar-refractivity contribution is -0.143. The van der Waals surface area contributed by atoms with Gasteiger partial charge < -0.3 is 9.47 Å². The fourth-order valence-electron chi connectivity index (χ4n) is 2.62. The van der Waals surface area contributed by atoms with Gasteiger partial charge in [-0.2, -0.15) is 0 Å². The van der Waals surface area contributed by atoms with Gasteiger partial charge in [-0.25, -0.2) is 0 Å². The maximum Gasteiger partial charge on any atom is 0.317 e. The van der Waals surface area contributed by atoms with Crippen molar-refractivity contribution in [3.63, 3.8) is 0 Å². The van der Waals surface area contributed by atoms with E-state index in [1.165, 1.54) is 0 Å². The second-order valence-electron chi connectivity index (χ2n) is 4.71. The number of Topliss-reactive ketones (excluding diaryl/α,β-unsaturated/α-hetero) is 1. The molecule has 2 atom stereocenters. The summed E-state index contributed by atoms with van der Waals surface area (Å²) in [5.74, 6) is 0.227. The minimum atomic E-state index is -0.706. The summed E-state index contributed by atoms with van der Waals surface area (Å²) in [6.45, 7) is 1.82. The molecular weight excluding hydrogens is 220 g/mol. The predicted molar refractivity (Wildman–Crippen MR) is 59.2 cm³/mol. The highest BCUT2D eigenvalue weighted by Crippen LogP contribution is 2.45. The van der Waals surface area contributed by atoms with Gasteiger partial charge in [-0.3, -0.25) is 9.59 Å². The van der Waals surface area contributed by atoms with Gasteiger partial charge >= 0.3 is 5.97 Å². The predicted octanol–water partition coefficient (Wildman–Crippen LogP) is 1.46. The molecule has 3 rings (SSSR count). The van der Waals surface area contributed by atoms with Crippen LogP contribution in [0.25, 0.3) is 0 Å². The first kappa shape index (κ1) is 10.3. The van der Waals surface area contributed by atoms with Crippen molar-refractivity contribution in [2.45, 2.75) is 24.9 Å². The number of ether oxygens (including phenoxy) is 2. The lowest BCUT2D eigenvalue weighted by atomic mass is 9.72. The number of methoxy groups -OCH3 is 1. The standard InChI is InChI=1S/C13H12O4/c1-13-6-10(17-12(13)15)11(14)8-4-3-7(16-2)5-9(8)13/h3-5,10H,6H2,1-2H3. The highest BCUT2D eigenvalue weighted by Gasteiger charge is 2.54. The molecule has 88 valence electrons. The molecule has 0 amide bonds. The minimum Gasteiger partial charge on any atom is -0.497 e. The zero-order chi connectivity index (χ0) is 12.2. The van der Waals surface area contributed by atoms with Crippen molar-refractivity contribution in [1.82, 2.24) is 0 Å². The molecule has 1 aromatic carbocycles. The molecule has 0 N–H and O–H groups in total. The maximum atomic E-state index is 12.0. The first-order valence-electron chi connectivity index (χ1n) is 5.50.